The van der Waals surface area contributed by atoms with Gasteiger partial charge in [0.05, 0.1) is 16.6 Å². The molecule has 1 aromatic carbocycles. The van der Waals surface area contributed by atoms with Gasteiger partial charge in [-0.15, -0.1) is 0 Å². The van der Waals surface area contributed by atoms with E-state index in [0.29, 0.717) is 36.4 Å². The topological polar surface area (TPSA) is 74.4 Å². The second-order valence-electron chi connectivity index (χ2n) is 8.73. The number of hydrogen-bond acceptors (Lipinski definition) is 6. The number of rotatable bonds is 2. The molecule has 1 fully saturated rings. The number of pyridine rings is 2. The second kappa shape index (κ2) is 8.01. The number of benzene rings is 1. The Hall–Kier alpha value is -3.15. The van der Waals surface area contributed by atoms with E-state index in [1.165, 1.54) is 10.6 Å². The van der Waals surface area contributed by atoms with E-state index in [1.54, 1.807) is 25.2 Å². The van der Waals surface area contributed by atoms with Crippen LogP contribution in [-0.2, 0) is 7.05 Å². The van der Waals surface area contributed by atoms with Gasteiger partial charge in [-0.25, -0.2) is 9.37 Å². The summed E-state index contributed by atoms with van der Waals surface area (Å²) in [7, 11) is 1.68. The molecular weight excluding hydrogens is 445 g/mol. The molecule has 3 aromatic rings. The fourth-order valence-electron chi connectivity index (χ4n) is 4.99. The average Bonchev–Trinajstić information content (AvgIpc) is 2.82. The molecule has 0 bridgehead atoms. The zero-order valence-corrected chi connectivity index (χ0v) is 19.3. The largest absolute Gasteiger partial charge is 0.484 e. The minimum absolute atomic E-state index is 0.0175. The van der Waals surface area contributed by atoms with Crippen molar-refractivity contribution in [3.05, 3.63) is 62.8 Å². The molecule has 0 amide bonds. The Morgan fingerprint density at radius 2 is 2.09 bits per heavy atom. The Bertz CT molecular complexity index is 1370. The van der Waals surface area contributed by atoms with Crippen LogP contribution in [-0.4, -0.2) is 46.2 Å². The van der Waals surface area contributed by atoms with Gasteiger partial charge in [-0.1, -0.05) is 17.7 Å². The van der Waals surface area contributed by atoms with Gasteiger partial charge in [-0.3, -0.25) is 9.69 Å². The lowest BCUT2D eigenvalue weighted by atomic mass is 9.98. The highest BCUT2D eigenvalue weighted by Crippen LogP contribution is 2.40. The van der Waals surface area contributed by atoms with Crippen molar-refractivity contribution in [3.8, 4) is 11.8 Å². The molecule has 1 saturated heterocycles. The number of nitriles is 1. The molecule has 0 spiro atoms. The van der Waals surface area contributed by atoms with E-state index in [4.69, 9.17) is 16.3 Å². The first-order chi connectivity index (χ1) is 15.8. The van der Waals surface area contributed by atoms with E-state index in [0.717, 1.165) is 5.56 Å². The van der Waals surface area contributed by atoms with Gasteiger partial charge in [-0.2, -0.15) is 5.26 Å². The van der Waals surface area contributed by atoms with Crippen LogP contribution in [0.4, 0.5) is 10.1 Å². The number of piperazine rings is 1. The van der Waals surface area contributed by atoms with E-state index in [2.05, 4.69) is 34.7 Å². The van der Waals surface area contributed by atoms with Crippen molar-refractivity contribution < 1.29 is 9.13 Å². The molecule has 1 unspecified atom stereocenters. The summed E-state index contributed by atoms with van der Waals surface area (Å²) < 4.78 is 21.6. The molecule has 0 radical (unpaired) electrons. The van der Waals surface area contributed by atoms with Crippen LogP contribution in [0.2, 0.25) is 5.02 Å². The molecule has 9 heteroatoms. The molecule has 5 rings (SSSR count). The van der Waals surface area contributed by atoms with E-state index in [1.807, 2.05) is 6.07 Å². The molecule has 3 atom stereocenters. The first kappa shape index (κ1) is 21.7. The van der Waals surface area contributed by atoms with Crippen LogP contribution >= 0.6 is 11.6 Å². The smallest absolute Gasteiger partial charge is 0.295 e. The fourth-order valence-corrected chi connectivity index (χ4v) is 5.10. The summed E-state index contributed by atoms with van der Waals surface area (Å²) in [4.78, 5) is 22.1. The zero-order chi connectivity index (χ0) is 23.4. The van der Waals surface area contributed by atoms with Gasteiger partial charge in [0.1, 0.15) is 35.4 Å². The molecule has 4 heterocycles. The lowest BCUT2D eigenvalue weighted by Crippen LogP contribution is -2.61. The molecule has 7 nitrogen and oxygen atoms in total. The summed E-state index contributed by atoms with van der Waals surface area (Å²) in [5.41, 5.74) is 2.82. The molecule has 0 N–H and O–H groups in total. The second-order valence-corrected chi connectivity index (χ2v) is 9.14. The summed E-state index contributed by atoms with van der Waals surface area (Å²) >= 11 is 5.87. The van der Waals surface area contributed by atoms with E-state index < -0.39 is 5.82 Å². The maximum atomic E-state index is 14.1. The van der Waals surface area contributed by atoms with Gasteiger partial charge in [0.25, 0.3) is 5.56 Å². The SMILES string of the molecule is CC(c1ccc(Cl)c(F)c1)N1C[C@H]2COc3c(c4nc(C#N)ccc4n(C)c3=O)N2C[C@H]1C. The monoisotopic (exact) mass is 467 g/mol. The molecule has 33 heavy (non-hydrogen) atoms. The van der Waals surface area contributed by atoms with Gasteiger partial charge in [0.2, 0.25) is 5.75 Å². The highest BCUT2D eigenvalue weighted by Gasteiger charge is 2.40. The van der Waals surface area contributed by atoms with Gasteiger partial charge < -0.3 is 14.2 Å². The quantitative estimate of drug-likeness (QED) is 0.573. The van der Waals surface area contributed by atoms with Crippen molar-refractivity contribution in [2.24, 2.45) is 7.05 Å². The summed E-state index contributed by atoms with van der Waals surface area (Å²) in [5.74, 6) is -0.152. The molecule has 0 aliphatic carbocycles. The summed E-state index contributed by atoms with van der Waals surface area (Å²) in [5, 5.41) is 9.48. The third-order valence-electron chi connectivity index (χ3n) is 6.81. The van der Waals surface area contributed by atoms with Gasteiger partial charge in [0.15, 0.2) is 0 Å². The highest BCUT2D eigenvalue weighted by atomic mass is 35.5. The first-order valence-corrected chi connectivity index (χ1v) is 11.2. The number of nitrogens with zero attached hydrogens (tertiary/aromatic N) is 5. The van der Waals surface area contributed by atoms with Crippen LogP contribution in [0, 0.1) is 17.1 Å². The maximum Gasteiger partial charge on any atom is 0.295 e. The summed E-state index contributed by atoms with van der Waals surface area (Å²) in [6, 6.07) is 10.4. The number of fused-ring (bicyclic) bond motifs is 5. The standard InChI is InChI=1S/C24H23ClFN5O2/c1-13-10-31-17(11-30(13)14(2)15-4-6-18(25)19(26)8-15)12-33-23-22(31)21-20(29(3)24(23)32)7-5-16(9-27)28-21/h4-8,13-14,17H,10-12H2,1-3H3/t13-,14?,17+/m1/s1. The third-order valence-corrected chi connectivity index (χ3v) is 7.11. The summed E-state index contributed by atoms with van der Waals surface area (Å²) in [6.07, 6.45) is 0. The number of ether oxygens (including phenoxy) is 1. The predicted octanol–water partition coefficient (Wildman–Crippen LogP) is 3.63. The molecule has 2 aliphatic heterocycles. The molecule has 2 aliphatic rings. The Morgan fingerprint density at radius 3 is 2.82 bits per heavy atom. The number of aryl methyl sites for hydroxylation is 1. The van der Waals surface area contributed by atoms with Crippen LogP contribution in [0.5, 0.6) is 5.75 Å². The van der Waals surface area contributed by atoms with Crippen molar-refractivity contribution in [1.29, 1.82) is 5.26 Å². The van der Waals surface area contributed by atoms with Crippen molar-refractivity contribution in [3.63, 3.8) is 0 Å². The van der Waals surface area contributed by atoms with Crippen molar-refractivity contribution >= 4 is 28.3 Å². The van der Waals surface area contributed by atoms with Crippen LogP contribution in [0.1, 0.15) is 31.1 Å². The van der Waals surface area contributed by atoms with E-state index >= 15 is 0 Å². The lowest BCUT2D eigenvalue weighted by molar-refractivity contribution is 0.0916. The summed E-state index contributed by atoms with van der Waals surface area (Å²) in [6.45, 7) is 5.84. The normalized spacial score (nSPS) is 21.2. The molecular formula is C24H23ClFN5O2. The van der Waals surface area contributed by atoms with Crippen LogP contribution in [0.15, 0.2) is 35.1 Å². The Balaban J connectivity index is 1.55. The van der Waals surface area contributed by atoms with Gasteiger partial charge in [-0.05, 0) is 43.7 Å². The van der Waals surface area contributed by atoms with Crippen LogP contribution in [0.25, 0.3) is 11.0 Å². The highest BCUT2D eigenvalue weighted by molar-refractivity contribution is 6.30. The number of hydrogen-bond donors (Lipinski definition) is 0. The average molecular weight is 468 g/mol. The zero-order valence-electron chi connectivity index (χ0n) is 18.5. The molecule has 2 aromatic heterocycles. The predicted molar refractivity (Wildman–Crippen MR) is 124 cm³/mol. The number of aromatic nitrogens is 2. The van der Waals surface area contributed by atoms with Crippen LogP contribution in [0.3, 0.4) is 0 Å². The first-order valence-electron chi connectivity index (χ1n) is 10.8. The van der Waals surface area contributed by atoms with Crippen molar-refractivity contribution in [2.75, 3.05) is 24.6 Å². The lowest BCUT2D eigenvalue weighted by Gasteiger charge is -2.50. The van der Waals surface area contributed by atoms with E-state index in [9.17, 15) is 14.4 Å². The van der Waals surface area contributed by atoms with Gasteiger partial charge in [0, 0.05) is 32.2 Å². The molecule has 170 valence electrons. The Kier molecular flexibility index (Phi) is 5.26. The maximum absolute atomic E-state index is 14.1. The van der Waals surface area contributed by atoms with Crippen LogP contribution < -0.4 is 15.2 Å². The number of anilines is 1. The fraction of sp³-hybridized carbons (Fsp3) is 0.375. The minimum Gasteiger partial charge on any atom is -0.484 e. The molecule has 0 saturated carbocycles. The Morgan fingerprint density at radius 1 is 1.30 bits per heavy atom. The van der Waals surface area contributed by atoms with Crippen molar-refractivity contribution in [1.82, 2.24) is 14.5 Å². The minimum atomic E-state index is -0.427. The van der Waals surface area contributed by atoms with Gasteiger partial charge >= 0.3 is 0 Å². The van der Waals surface area contributed by atoms with E-state index in [-0.39, 0.29) is 40.2 Å². The van der Waals surface area contributed by atoms with Crippen molar-refractivity contribution in [2.45, 2.75) is 32.0 Å². The number of halogens is 2. The Labute approximate surface area is 195 Å². The third kappa shape index (κ3) is 3.43.